The standard InChI is InChI=1S/C11H22OS/c1-4-9(2)11(5-6-13-3)10-7-12-8-10/h9-11H,4-8H2,1-3H3. The Balaban J connectivity index is 2.33. The molecule has 0 amide bonds. The van der Waals surface area contributed by atoms with E-state index >= 15 is 0 Å². The maximum atomic E-state index is 5.28. The van der Waals surface area contributed by atoms with Gasteiger partial charge in [0.25, 0.3) is 0 Å². The summed E-state index contributed by atoms with van der Waals surface area (Å²) in [5.41, 5.74) is 0. The molecule has 0 aromatic heterocycles. The van der Waals surface area contributed by atoms with Crippen LogP contribution in [0.5, 0.6) is 0 Å². The van der Waals surface area contributed by atoms with Gasteiger partial charge in [-0.3, -0.25) is 0 Å². The van der Waals surface area contributed by atoms with Crippen LogP contribution in [0.2, 0.25) is 0 Å². The Labute approximate surface area is 86.6 Å². The number of hydrogen-bond acceptors (Lipinski definition) is 2. The molecule has 1 rings (SSSR count). The zero-order chi connectivity index (χ0) is 9.68. The van der Waals surface area contributed by atoms with Crippen molar-refractivity contribution in [3.8, 4) is 0 Å². The lowest BCUT2D eigenvalue weighted by Gasteiger charge is -2.37. The molecule has 0 spiro atoms. The highest BCUT2D eigenvalue weighted by molar-refractivity contribution is 7.98. The number of hydrogen-bond donors (Lipinski definition) is 0. The summed E-state index contributed by atoms with van der Waals surface area (Å²) in [6, 6.07) is 0. The second-order valence-corrected chi connectivity index (χ2v) is 5.11. The molecular weight excluding hydrogens is 180 g/mol. The van der Waals surface area contributed by atoms with Crippen LogP contribution < -0.4 is 0 Å². The van der Waals surface area contributed by atoms with Crippen molar-refractivity contribution in [1.82, 2.24) is 0 Å². The average molecular weight is 202 g/mol. The molecule has 0 aliphatic carbocycles. The van der Waals surface area contributed by atoms with Crippen LogP contribution in [-0.2, 0) is 4.74 Å². The molecule has 0 saturated carbocycles. The van der Waals surface area contributed by atoms with Crippen LogP contribution in [0.4, 0.5) is 0 Å². The zero-order valence-electron chi connectivity index (χ0n) is 9.08. The minimum Gasteiger partial charge on any atom is -0.381 e. The van der Waals surface area contributed by atoms with Gasteiger partial charge in [0, 0.05) is 5.92 Å². The van der Waals surface area contributed by atoms with Crippen molar-refractivity contribution >= 4 is 11.8 Å². The zero-order valence-corrected chi connectivity index (χ0v) is 9.90. The fourth-order valence-corrected chi connectivity index (χ4v) is 2.55. The minimum absolute atomic E-state index is 0.863. The van der Waals surface area contributed by atoms with E-state index in [0.717, 1.165) is 31.0 Å². The van der Waals surface area contributed by atoms with Crippen LogP contribution in [0.3, 0.4) is 0 Å². The number of thioether (sulfide) groups is 1. The SMILES string of the molecule is CCC(C)C(CCSC)C1COC1. The van der Waals surface area contributed by atoms with E-state index in [2.05, 4.69) is 20.1 Å². The van der Waals surface area contributed by atoms with E-state index in [1.807, 2.05) is 11.8 Å². The quantitative estimate of drug-likeness (QED) is 0.655. The third-order valence-electron chi connectivity index (χ3n) is 3.30. The van der Waals surface area contributed by atoms with Gasteiger partial charge in [-0.1, -0.05) is 20.3 Å². The van der Waals surface area contributed by atoms with Gasteiger partial charge < -0.3 is 4.74 Å². The molecule has 0 radical (unpaired) electrons. The first-order chi connectivity index (χ1) is 6.29. The number of ether oxygens (including phenoxy) is 1. The first-order valence-corrected chi connectivity index (χ1v) is 6.75. The van der Waals surface area contributed by atoms with Crippen LogP contribution in [0.1, 0.15) is 26.7 Å². The second kappa shape index (κ2) is 5.92. The Hall–Kier alpha value is 0.310. The largest absolute Gasteiger partial charge is 0.381 e. The minimum atomic E-state index is 0.863. The molecule has 0 aromatic rings. The Kier molecular flexibility index (Phi) is 5.18. The van der Waals surface area contributed by atoms with Crippen molar-refractivity contribution in [2.75, 3.05) is 25.2 Å². The summed E-state index contributed by atoms with van der Waals surface area (Å²) in [5.74, 6) is 3.96. The smallest absolute Gasteiger partial charge is 0.0519 e. The summed E-state index contributed by atoms with van der Waals surface area (Å²) >= 11 is 1.97. The van der Waals surface area contributed by atoms with Gasteiger partial charge in [-0.15, -0.1) is 0 Å². The molecule has 1 heterocycles. The Morgan fingerprint density at radius 2 is 2.15 bits per heavy atom. The van der Waals surface area contributed by atoms with Gasteiger partial charge >= 0.3 is 0 Å². The molecule has 0 aromatic carbocycles. The van der Waals surface area contributed by atoms with Gasteiger partial charge in [-0.2, -0.15) is 11.8 Å². The highest BCUT2D eigenvalue weighted by Crippen LogP contribution is 2.32. The summed E-state index contributed by atoms with van der Waals surface area (Å²) in [4.78, 5) is 0. The Morgan fingerprint density at radius 1 is 1.46 bits per heavy atom. The molecule has 1 saturated heterocycles. The van der Waals surface area contributed by atoms with E-state index in [-0.39, 0.29) is 0 Å². The molecule has 2 unspecified atom stereocenters. The number of rotatable bonds is 6. The summed E-state index contributed by atoms with van der Waals surface area (Å²) in [5, 5.41) is 0. The summed E-state index contributed by atoms with van der Waals surface area (Å²) in [6.45, 7) is 6.73. The van der Waals surface area contributed by atoms with Gasteiger partial charge in [0.15, 0.2) is 0 Å². The first-order valence-electron chi connectivity index (χ1n) is 5.36. The van der Waals surface area contributed by atoms with Crippen LogP contribution >= 0.6 is 11.8 Å². The fraction of sp³-hybridized carbons (Fsp3) is 1.00. The fourth-order valence-electron chi connectivity index (χ4n) is 2.04. The molecule has 0 bridgehead atoms. The maximum Gasteiger partial charge on any atom is 0.0519 e. The maximum absolute atomic E-state index is 5.28. The van der Waals surface area contributed by atoms with Crippen LogP contribution in [0, 0.1) is 17.8 Å². The molecular formula is C11H22OS. The van der Waals surface area contributed by atoms with Crippen LogP contribution in [-0.4, -0.2) is 25.2 Å². The van der Waals surface area contributed by atoms with E-state index in [1.165, 1.54) is 18.6 Å². The average Bonchev–Trinajstić information content (AvgIpc) is 2.07. The molecule has 0 N–H and O–H groups in total. The molecule has 1 aliphatic heterocycles. The lowest BCUT2D eigenvalue weighted by Crippen LogP contribution is -2.37. The lowest BCUT2D eigenvalue weighted by molar-refractivity contribution is -0.0725. The normalized spacial score (nSPS) is 22.4. The van der Waals surface area contributed by atoms with Gasteiger partial charge in [0.1, 0.15) is 0 Å². The molecule has 1 nitrogen and oxygen atoms in total. The van der Waals surface area contributed by atoms with Gasteiger partial charge in [-0.25, -0.2) is 0 Å². The lowest BCUT2D eigenvalue weighted by atomic mass is 9.78. The van der Waals surface area contributed by atoms with Crippen molar-refractivity contribution in [3.63, 3.8) is 0 Å². The molecule has 1 aliphatic rings. The second-order valence-electron chi connectivity index (χ2n) is 4.13. The van der Waals surface area contributed by atoms with Crippen molar-refractivity contribution in [2.24, 2.45) is 17.8 Å². The Bertz CT molecular complexity index is 129. The van der Waals surface area contributed by atoms with E-state index in [9.17, 15) is 0 Å². The molecule has 2 heteroatoms. The van der Waals surface area contributed by atoms with E-state index in [4.69, 9.17) is 4.74 Å². The monoisotopic (exact) mass is 202 g/mol. The predicted octanol–water partition coefficient (Wildman–Crippen LogP) is 3.05. The van der Waals surface area contributed by atoms with Crippen LogP contribution in [0.25, 0.3) is 0 Å². The predicted molar refractivity (Wildman–Crippen MR) is 60.3 cm³/mol. The highest BCUT2D eigenvalue weighted by Gasteiger charge is 2.30. The van der Waals surface area contributed by atoms with Crippen molar-refractivity contribution in [2.45, 2.75) is 26.7 Å². The summed E-state index contributed by atoms with van der Waals surface area (Å²) in [6.07, 6.45) is 4.89. The summed E-state index contributed by atoms with van der Waals surface area (Å²) < 4.78 is 5.28. The van der Waals surface area contributed by atoms with Crippen molar-refractivity contribution in [1.29, 1.82) is 0 Å². The molecule has 78 valence electrons. The van der Waals surface area contributed by atoms with E-state index < -0.39 is 0 Å². The summed E-state index contributed by atoms with van der Waals surface area (Å²) in [7, 11) is 0. The van der Waals surface area contributed by atoms with Gasteiger partial charge in [0.05, 0.1) is 13.2 Å². The van der Waals surface area contributed by atoms with Crippen LogP contribution in [0.15, 0.2) is 0 Å². The molecule has 2 atom stereocenters. The molecule has 13 heavy (non-hydrogen) atoms. The van der Waals surface area contributed by atoms with E-state index in [0.29, 0.717) is 0 Å². The topological polar surface area (TPSA) is 9.23 Å². The first kappa shape index (κ1) is 11.4. The third-order valence-corrected chi connectivity index (χ3v) is 3.94. The van der Waals surface area contributed by atoms with Gasteiger partial charge in [0.2, 0.25) is 0 Å². The van der Waals surface area contributed by atoms with Crippen molar-refractivity contribution in [3.05, 3.63) is 0 Å². The molecule has 1 fully saturated rings. The Morgan fingerprint density at radius 3 is 2.54 bits per heavy atom. The third kappa shape index (κ3) is 3.17. The highest BCUT2D eigenvalue weighted by atomic mass is 32.2. The van der Waals surface area contributed by atoms with Gasteiger partial charge in [-0.05, 0) is 30.3 Å². The van der Waals surface area contributed by atoms with Crippen molar-refractivity contribution < 1.29 is 4.74 Å². The van der Waals surface area contributed by atoms with E-state index in [1.54, 1.807) is 0 Å².